The molecule has 2 aromatic carbocycles. The first-order valence-corrected chi connectivity index (χ1v) is 9.54. The molecule has 140 valence electrons. The third-order valence-electron chi connectivity index (χ3n) is 3.99. The van der Waals surface area contributed by atoms with E-state index in [1.807, 2.05) is 24.1 Å². The van der Waals surface area contributed by atoms with Gasteiger partial charge in [0.1, 0.15) is 21.8 Å². The summed E-state index contributed by atoms with van der Waals surface area (Å²) >= 11 is 6.70. The van der Waals surface area contributed by atoms with Crippen molar-refractivity contribution in [3.8, 4) is 0 Å². The molecule has 0 saturated carbocycles. The number of aryl methyl sites for hydroxylation is 1. The van der Waals surface area contributed by atoms with E-state index in [4.69, 9.17) is 12.2 Å². The SMILES string of the molecule is Cc1nc2ccc(CN(C)C(=S)SCc3ccc(F)cc3F)cc2c(=O)[nH]1. The minimum absolute atomic E-state index is 0.175. The molecule has 0 spiro atoms. The summed E-state index contributed by atoms with van der Waals surface area (Å²) in [6.07, 6.45) is 0. The number of fused-ring (bicyclic) bond motifs is 1. The Bertz CT molecular complexity index is 1070. The predicted octanol–water partition coefficient (Wildman–Crippen LogP) is 4.16. The Labute approximate surface area is 164 Å². The number of thioether (sulfide) groups is 1. The molecule has 1 N–H and O–H groups in total. The van der Waals surface area contributed by atoms with Crippen molar-refractivity contribution in [2.45, 2.75) is 19.2 Å². The lowest BCUT2D eigenvalue weighted by Gasteiger charge is -2.20. The number of thiocarbonyl (C=S) groups is 1. The zero-order valence-electron chi connectivity index (χ0n) is 14.8. The molecule has 1 aromatic heterocycles. The van der Waals surface area contributed by atoms with Crippen molar-refractivity contribution in [1.29, 1.82) is 0 Å². The van der Waals surface area contributed by atoms with Crippen LogP contribution in [0.5, 0.6) is 0 Å². The summed E-state index contributed by atoms with van der Waals surface area (Å²) in [7, 11) is 1.83. The van der Waals surface area contributed by atoms with E-state index in [-0.39, 0.29) is 5.56 Å². The summed E-state index contributed by atoms with van der Waals surface area (Å²) in [4.78, 5) is 20.9. The molecule has 0 bridgehead atoms. The molecular formula is C19H17F2N3OS2. The van der Waals surface area contributed by atoms with Gasteiger partial charge in [-0.25, -0.2) is 13.8 Å². The van der Waals surface area contributed by atoms with Crippen molar-refractivity contribution in [2.75, 3.05) is 7.05 Å². The average molecular weight is 405 g/mol. The minimum atomic E-state index is -0.600. The van der Waals surface area contributed by atoms with Gasteiger partial charge in [0, 0.05) is 25.4 Å². The van der Waals surface area contributed by atoms with Crippen LogP contribution in [0, 0.1) is 18.6 Å². The summed E-state index contributed by atoms with van der Waals surface area (Å²) in [5.74, 6) is -0.292. The van der Waals surface area contributed by atoms with Gasteiger partial charge < -0.3 is 9.88 Å². The van der Waals surface area contributed by atoms with Crippen LogP contribution in [0.1, 0.15) is 17.0 Å². The standard InChI is InChI=1S/C19H17F2N3OS2/c1-11-22-17-6-3-12(7-15(17)18(25)23-11)9-24(2)19(26)27-10-13-4-5-14(20)8-16(13)21/h3-8H,9-10H2,1-2H3,(H,22,23,25). The van der Waals surface area contributed by atoms with Crippen LogP contribution in [0.25, 0.3) is 10.9 Å². The van der Waals surface area contributed by atoms with Crippen LogP contribution in [-0.2, 0) is 12.3 Å². The molecule has 0 amide bonds. The van der Waals surface area contributed by atoms with Gasteiger partial charge in [-0.3, -0.25) is 4.79 Å². The topological polar surface area (TPSA) is 49.0 Å². The van der Waals surface area contributed by atoms with E-state index < -0.39 is 11.6 Å². The van der Waals surface area contributed by atoms with E-state index in [2.05, 4.69) is 9.97 Å². The Morgan fingerprint density at radius 1 is 1.26 bits per heavy atom. The number of nitrogens with one attached hydrogen (secondary N) is 1. The summed E-state index contributed by atoms with van der Waals surface area (Å²) in [6, 6.07) is 9.02. The van der Waals surface area contributed by atoms with Gasteiger partial charge in [0.05, 0.1) is 10.9 Å². The Morgan fingerprint density at radius 3 is 2.78 bits per heavy atom. The number of H-pyrrole nitrogens is 1. The number of hydrogen-bond donors (Lipinski definition) is 1. The van der Waals surface area contributed by atoms with Gasteiger partial charge in [-0.15, -0.1) is 0 Å². The Hall–Kier alpha value is -2.32. The second-order valence-electron chi connectivity index (χ2n) is 6.15. The highest BCUT2D eigenvalue weighted by Gasteiger charge is 2.11. The molecular weight excluding hydrogens is 388 g/mol. The van der Waals surface area contributed by atoms with Crippen molar-refractivity contribution in [3.63, 3.8) is 0 Å². The molecule has 3 rings (SSSR count). The summed E-state index contributed by atoms with van der Waals surface area (Å²) < 4.78 is 27.3. The maximum atomic E-state index is 13.7. The number of benzene rings is 2. The fraction of sp³-hybridized carbons (Fsp3) is 0.211. The Morgan fingerprint density at radius 2 is 2.04 bits per heavy atom. The fourth-order valence-corrected chi connectivity index (χ4v) is 3.67. The van der Waals surface area contributed by atoms with E-state index in [0.29, 0.717) is 38.9 Å². The molecule has 4 nitrogen and oxygen atoms in total. The molecule has 27 heavy (non-hydrogen) atoms. The highest BCUT2D eigenvalue weighted by molar-refractivity contribution is 8.22. The molecule has 0 fully saturated rings. The number of aromatic amines is 1. The van der Waals surface area contributed by atoms with Gasteiger partial charge >= 0.3 is 0 Å². The molecule has 0 unspecified atom stereocenters. The van der Waals surface area contributed by atoms with E-state index >= 15 is 0 Å². The fourth-order valence-electron chi connectivity index (χ4n) is 2.63. The van der Waals surface area contributed by atoms with Gasteiger partial charge in [-0.1, -0.05) is 36.1 Å². The van der Waals surface area contributed by atoms with Crippen LogP contribution >= 0.6 is 24.0 Å². The number of hydrogen-bond acceptors (Lipinski definition) is 4. The van der Waals surface area contributed by atoms with Crippen LogP contribution < -0.4 is 5.56 Å². The zero-order valence-corrected chi connectivity index (χ0v) is 16.4. The quantitative estimate of drug-likeness (QED) is 0.661. The predicted molar refractivity (Wildman–Crippen MR) is 109 cm³/mol. The van der Waals surface area contributed by atoms with Gasteiger partial charge in [0.15, 0.2) is 0 Å². The molecule has 0 atom stereocenters. The molecule has 3 aromatic rings. The van der Waals surface area contributed by atoms with Gasteiger partial charge in [-0.2, -0.15) is 0 Å². The average Bonchev–Trinajstić information content (AvgIpc) is 2.61. The smallest absolute Gasteiger partial charge is 0.258 e. The van der Waals surface area contributed by atoms with Gasteiger partial charge in [0.25, 0.3) is 5.56 Å². The molecule has 0 aliphatic heterocycles. The lowest BCUT2D eigenvalue weighted by molar-refractivity contribution is 0.519. The van der Waals surface area contributed by atoms with E-state index in [1.165, 1.54) is 23.9 Å². The van der Waals surface area contributed by atoms with E-state index in [9.17, 15) is 13.6 Å². The van der Waals surface area contributed by atoms with Crippen molar-refractivity contribution in [3.05, 3.63) is 75.3 Å². The molecule has 0 aliphatic rings. The Kier molecular flexibility index (Phi) is 5.86. The normalized spacial score (nSPS) is 11.0. The second kappa shape index (κ2) is 8.14. The number of rotatable bonds is 4. The number of nitrogens with zero attached hydrogens (tertiary/aromatic N) is 2. The third kappa shape index (κ3) is 4.70. The van der Waals surface area contributed by atoms with Crippen LogP contribution in [0.2, 0.25) is 0 Å². The maximum absolute atomic E-state index is 13.7. The lowest BCUT2D eigenvalue weighted by atomic mass is 10.1. The first kappa shape index (κ1) is 19.4. The molecule has 0 aliphatic carbocycles. The van der Waals surface area contributed by atoms with Crippen LogP contribution in [0.4, 0.5) is 8.78 Å². The largest absolute Gasteiger partial charge is 0.356 e. The highest BCUT2D eigenvalue weighted by atomic mass is 32.2. The summed E-state index contributed by atoms with van der Waals surface area (Å²) in [5, 5.41) is 0.526. The number of aromatic nitrogens is 2. The van der Waals surface area contributed by atoms with Crippen molar-refractivity contribution < 1.29 is 8.78 Å². The first-order valence-electron chi connectivity index (χ1n) is 8.15. The summed E-state index contributed by atoms with van der Waals surface area (Å²) in [5.41, 5.74) is 1.78. The molecule has 8 heteroatoms. The minimum Gasteiger partial charge on any atom is -0.356 e. The van der Waals surface area contributed by atoms with Crippen LogP contribution in [-0.4, -0.2) is 26.2 Å². The van der Waals surface area contributed by atoms with Gasteiger partial charge in [0.2, 0.25) is 0 Å². The van der Waals surface area contributed by atoms with Crippen molar-refractivity contribution >= 4 is 39.2 Å². The lowest BCUT2D eigenvalue weighted by Crippen LogP contribution is -2.22. The van der Waals surface area contributed by atoms with Crippen molar-refractivity contribution in [2.24, 2.45) is 0 Å². The summed E-state index contributed by atoms with van der Waals surface area (Å²) in [6.45, 7) is 2.24. The van der Waals surface area contributed by atoms with Crippen molar-refractivity contribution in [1.82, 2.24) is 14.9 Å². The van der Waals surface area contributed by atoms with E-state index in [1.54, 1.807) is 13.0 Å². The van der Waals surface area contributed by atoms with Gasteiger partial charge in [-0.05, 0) is 36.2 Å². The highest BCUT2D eigenvalue weighted by Crippen LogP contribution is 2.21. The maximum Gasteiger partial charge on any atom is 0.258 e. The van der Waals surface area contributed by atoms with Crippen LogP contribution in [0.15, 0.2) is 41.2 Å². The zero-order chi connectivity index (χ0) is 19.6. The molecule has 1 heterocycles. The third-order valence-corrected chi connectivity index (χ3v) is 5.67. The van der Waals surface area contributed by atoms with E-state index in [0.717, 1.165) is 11.6 Å². The second-order valence-corrected chi connectivity index (χ2v) is 7.76. The first-order chi connectivity index (χ1) is 12.8. The number of halogens is 2. The molecule has 0 saturated heterocycles. The monoisotopic (exact) mass is 405 g/mol. The molecule has 0 radical (unpaired) electrons. The van der Waals surface area contributed by atoms with Crippen LogP contribution in [0.3, 0.4) is 0 Å². The Balaban J connectivity index is 1.67.